The maximum Gasteiger partial charge on any atom is 0.422 e. The third kappa shape index (κ3) is 5.10. The Balaban J connectivity index is 1.40. The summed E-state index contributed by atoms with van der Waals surface area (Å²) in [5.41, 5.74) is -1.55. The van der Waals surface area contributed by atoms with Crippen LogP contribution in [0.4, 0.5) is 13.2 Å². The largest absolute Gasteiger partial charge is 0.491 e. The smallest absolute Gasteiger partial charge is 0.422 e. The second-order valence-corrected chi connectivity index (χ2v) is 9.71. The molecule has 0 amide bonds. The number of fused-ring (bicyclic) bond motifs is 1. The van der Waals surface area contributed by atoms with E-state index in [0.29, 0.717) is 16.9 Å². The average Bonchev–Trinajstić information content (AvgIpc) is 3.56. The molecule has 0 bridgehead atoms. The molecule has 0 saturated heterocycles. The fourth-order valence-corrected chi connectivity index (χ4v) is 4.09. The van der Waals surface area contributed by atoms with Crippen LogP contribution in [0.25, 0.3) is 34.3 Å². The Morgan fingerprint density at radius 2 is 1.82 bits per heavy atom. The van der Waals surface area contributed by atoms with Gasteiger partial charge in [-0.25, -0.2) is 0 Å². The standard InChI is InChI=1S/C26H23F3N4O6/c1-25(2,24(35)36)12-30-16-11-37-17-10-14(8-9-15(17)20(16)34)22-31-23(39-33-22)21-18(26(27,28)29)19(32-38-21)13-6-4-3-5-7-13/h3-10,16,20,30,34H,11-12H2,1-2H3,(H,35,36)/t16-,20-/m0/s1. The second-order valence-electron chi connectivity index (χ2n) is 9.71. The zero-order valence-electron chi connectivity index (χ0n) is 20.7. The number of aromatic nitrogens is 3. The van der Waals surface area contributed by atoms with E-state index < -0.39 is 52.6 Å². The van der Waals surface area contributed by atoms with Crippen LogP contribution in [-0.4, -0.2) is 50.7 Å². The first-order valence-corrected chi connectivity index (χ1v) is 11.8. The summed E-state index contributed by atoms with van der Waals surface area (Å²) in [6.07, 6.45) is -5.80. The summed E-state index contributed by atoms with van der Waals surface area (Å²) in [7, 11) is 0. The van der Waals surface area contributed by atoms with E-state index in [1.165, 1.54) is 18.2 Å². The summed E-state index contributed by atoms with van der Waals surface area (Å²) >= 11 is 0. The van der Waals surface area contributed by atoms with Gasteiger partial charge in [0.05, 0.1) is 11.5 Å². The summed E-state index contributed by atoms with van der Waals surface area (Å²) in [6.45, 7) is 3.30. The number of ether oxygens (including phenoxy) is 1. The molecule has 0 spiro atoms. The van der Waals surface area contributed by atoms with Gasteiger partial charge in [-0.05, 0) is 19.9 Å². The highest BCUT2D eigenvalue weighted by molar-refractivity contribution is 5.74. The van der Waals surface area contributed by atoms with E-state index in [9.17, 15) is 28.2 Å². The number of aliphatic hydroxyl groups is 1. The Morgan fingerprint density at radius 3 is 2.51 bits per heavy atom. The molecule has 39 heavy (non-hydrogen) atoms. The topological polar surface area (TPSA) is 144 Å². The van der Waals surface area contributed by atoms with E-state index in [4.69, 9.17) is 13.8 Å². The summed E-state index contributed by atoms with van der Waals surface area (Å²) in [4.78, 5) is 15.4. The highest BCUT2D eigenvalue weighted by Crippen LogP contribution is 2.43. The van der Waals surface area contributed by atoms with Crippen molar-refractivity contribution in [2.75, 3.05) is 13.2 Å². The van der Waals surface area contributed by atoms with Crippen molar-refractivity contribution in [3.05, 3.63) is 59.7 Å². The lowest BCUT2D eigenvalue weighted by Crippen LogP contribution is -2.47. The van der Waals surface area contributed by atoms with Crippen molar-refractivity contribution in [3.63, 3.8) is 0 Å². The van der Waals surface area contributed by atoms with E-state index in [2.05, 4.69) is 20.6 Å². The summed E-state index contributed by atoms with van der Waals surface area (Å²) in [5, 5.41) is 30.5. The number of nitrogens with one attached hydrogen (secondary N) is 1. The van der Waals surface area contributed by atoms with Crippen LogP contribution in [-0.2, 0) is 11.0 Å². The van der Waals surface area contributed by atoms with Gasteiger partial charge in [-0.3, -0.25) is 4.79 Å². The van der Waals surface area contributed by atoms with Crippen molar-refractivity contribution >= 4 is 5.97 Å². The van der Waals surface area contributed by atoms with Gasteiger partial charge in [-0.1, -0.05) is 52.8 Å². The van der Waals surface area contributed by atoms with Gasteiger partial charge in [0, 0.05) is 23.2 Å². The van der Waals surface area contributed by atoms with Gasteiger partial charge < -0.3 is 29.3 Å². The van der Waals surface area contributed by atoms with Crippen LogP contribution < -0.4 is 10.1 Å². The first-order chi connectivity index (χ1) is 18.5. The van der Waals surface area contributed by atoms with Crippen LogP contribution in [0.15, 0.2) is 57.6 Å². The molecule has 10 nitrogen and oxygen atoms in total. The lowest BCUT2D eigenvalue weighted by molar-refractivity contribution is -0.146. The highest BCUT2D eigenvalue weighted by atomic mass is 19.4. The number of hydrogen-bond donors (Lipinski definition) is 3. The summed E-state index contributed by atoms with van der Waals surface area (Å²) in [5.74, 6) is -1.89. The molecule has 2 aromatic carbocycles. The van der Waals surface area contributed by atoms with E-state index in [1.54, 1.807) is 44.2 Å². The molecule has 1 aliphatic heterocycles. The predicted molar refractivity (Wildman–Crippen MR) is 129 cm³/mol. The fraction of sp³-hybridized carbons (Fsp3) is 0.308. The lowest BCUT2D eigenvalue weighted by atomic mass is 9.92. The molecule has 3 N–H and O–H groups in total. The van der Waals surface area contributed by atoms with Crippen molar-refractivity contribution in [1.82, 2.24) is 20.6 Å². The normalized spacial score (nSPS) is 17.5. The second kappa shape index (κ2) is 9.82. The third-order valence-corrected chi connectivity index (χ3v) is 6.42. The van der Waals surface area contributed by atoms with E-state index in [1.807, 2.05) is 0 Å². The van der Waals surface area contributed by atoms with Crippen LogP contribution in [0.2, 0.25) is 0 Å². The van der Waals surface area contributed by atoms with Crippen LogP contribution in [0.3, 0.4) is 0 Å². The van der Waals surface area contributed by atoms with Crippen molar-refractivity contribution in [1.29, 1.82) is 0 Å². The number of benzene rings is 2. The molecule has 13 heteroatoms. The minimum Gasteiger partial charge on any atom is -0.491 e. The molecule has 204 valence electrons. The minimum atomic E-state index is -4.81. The molecule has 0 radical (unpaired) electrons. The monoisotopic (exact) mass is 544 g/mol. The lowest BCUT2D eigenvalue weighted by Gasteiger charge is -2.33. The molecule has 1 aliphatic rings. The SMILES string of the molecule is CC(C)(CN[C@H]1COc2cc(-c3noc(-c4onc(-c5ccccc5)c4C(F)(F)F)n3)ccc2[C@@H]1O)C(=O)O. The molecule has 3 heterocycles. The molecule has 5 rings (SSSR count). The van der Waals surface area contributed by atoms with E-state index >= 15 is 0 Å². The Labute approximate surface area is 219 Å². The maximum absolute atomic E-state index is 14.0. The number of rotatable bonds is 7. The molecule has 4 aromatic rings. The minimum absolute atomic E-state index is 0.0277. The zero-order valence-corrected chi connectivity index (χ0v) is 20.7. The Kier molecular flexibility index (Phi) is 6.64. The first kappa shape index (κ1) is 26.4. The quantitative estimate of drug-likeness (QED) is 0.303. The van der Waals surface area contributed by atoms with Crippen molar-refractivity contribution in [2.24, 2.45) is 5.41 Å². The van der Waals surface area contributed by atoms with E-state index in [0.717, 1.165) is 0 Å². The molecule has 2 aromatic heterocycles. The average molecular weight is 544 g/mol. The molecular weight excluding hydrogens is 521 g/mol. The van der Waals surface area contributed by atoms with Gasteiger partial charge in [0.15, 0.2) is 0 Å². The summed E-state index contributed by atoms with van der Waals surface area (Å²) in [6, 6.07) is 11.9. The molecule has 0 fully saturated rings. The number of carboxylic acids is 1. The van der Waals surface area contributed by atoms with Crippen LogP contribution in [0.5, 0.6) is 5.75 Å². The number of alkyl halides is 3. The number of aliphatic carboxylic acids is 1. The zero-order chi connectivity index (χ0) is 27.9. The van der Waals surface area contributed by atoms with Crippen molar-refractivity contribution < 1.29 is 42.0 Å². The maximum atomic E-state index is 14.0. The van der Waals surface area contributed by atoms with Crippen molar-refractivity contribution in [3.8, 4) is 40.0 Å². The first-order valence-electron chi connectivity index (χ1n) is 11.8. The number of nitrogens with zero attached hydrogens (tertiary/aromatic N) is 3. The number of hydrogen-bond acceptors (Lipinski definition) is 9. The number of carboxylic acid groups (broad SMARTS) is 1. The van der Waals surface area contributed by atoms with Crippen LogP contribution in [0, 0.1) is 5.41 Å². The van der Waals surface area contributed by atoms with Gasteiger partial charge in [-0.15, -0.1) is 0 Å². The Bertz CT molecular complexity index is 1500. The van der Waals surface area contributed by atoms with Gasteiger partial charge in [0.2, 0.25) is 11.6 Å². The van der Waals surface area contributed by atoms with Gasteiger partial charge >= 0.3 is 12.1 Å². The predicted octanol–water partition coefficient (Wildman–Crippen LogP) is 4.57. The fourth-order valence-electron chi connectivity index (χ4n) is 4.09. The number of carbonyl (C=O) groups is 1. The van der Waals surface area contributed by atoms with Gasteiger partial charge in [0.25, 0.3) is 5.89 Å². The van der Waals surface area contributed by atoms with Gasteiger partial charge in [-0.2, -0.15) is 18.2 Å². The van der Waals surface area contributed by atoms with Crippen LogP contribution in [0.1, 0.15) is 31.1 Å². The number of aliphatic hydroxyl groups excluding tert-OH is 1. The molecule has 0 saturated carbocycles. The van der Waals surface area contributed by atoms with Crippen LogP contribution >= 0.6 is 0 Å². The molecule has 0 aliphatic carbocycles. The molecular formula is C26H23F3N4O6. The van der Waals surface area contributed by atoms with Gasteiger partial charge in [0.1, 0.15) is 29.7 Å². The van der Waals surface area contributed by atoms with Crippen molar-refractivity contribution in [2.45, 2.75) is 32.2 Å². The van der Waals surface area contributed by atoms with E-state index in [-0.39, 0.29) is 24.5 Å². The Morgan fingerprint density at radius 1 is 1.08 bits per heavy atom. The Hall–Kier alpha value is -4.23. The third-order valence-electron chi connectivity index (χ3n) is 6.42. The molecule has 0 unspecified atom stereocenters. The number of halogens is 3. The molecule has 2 atom stereocenters. The summed E-state index contributed by atoms with van der Waals surface area (Å²) < 4.78 is 57.9. The highest BCUT2D eigenvalue weighted by Gasteiger charge is 2.43.